The van der Waals surface area contributed by atoms with Crippen molar-refractivity contribution in [3.05, 3.63) is 0 Å². The molecule has 8 atom stereocenters. The number of ketones is 1. The highest BCUT2D eigenvalue weighted by atomic mass is 16.5. The fraction of sp³-hybridized carbons (Fsp3) is 0.880. The van der Waals surface area contributed by atoms with Crippen molar-refractivity contribution in [3.63, 3.8) is 0 Å². The van der Waals surface area contributed by atoms with E-state index in [4.69, 9.17) is 9.84 Å². The third-order valence-electron chi connectivity index (χ3n) is 9.95. The zero-order chi connectivity index (χ0) is 21.7. The summed E-state index contributed by atoms with van der Waals surface area (Å²) >= 11 is 0. The first-order valence-electron chi connectivity index (χ1n) is 12.1. The van der Waals surface area contributed by atoms with Crippen LogP contribution in [0, 0.1) is 40.4 Å². The van der Waals surface area contributed by atoms with Crippen LogP contribution in [0.15, 0.2) is 0 Å². The Hall–Kier alpha value is -1.39. The van der Waals surface area contributed by atoms with Crippen LogP contribution in [0.4, 0.5) is 0 Å². The molecule has 0 aromatic rings. The van der Waals surface area contributed by atoms with Gasteiger partial charge in [-0.15, -0.1) is 0 Å². The quantitative estimate of drug-likeness (QED) is 0.635. The molecule has 0 bridgehead atoms. The maximum atomic E-state index is 12.3. The van der Waals surface area contributed by atoms with Gasteiger partial charge in [-0.3, -0.25) is 14.4 Å². The van der Waals surface area contributed by atoms with E-state index in [1.165, 1.54) is 32.1 Å². The largest absolute Gasteiger partial charge is 0.481 e. The Balaban J connectivity index is 1.42. The molecular formula is C25H38O5. The molecule has 5 nitrogen and oxygen atoms in total. The monoisotopic (exact) mass is 418 g/mol. The normalized spacial score (nSPS) is 45.0. The number of fused-ring (bicyclic) bond motifs is 5. The third kappa shape index (κ3) is 3.60. The first-order chi connectivity index (χ1) is 14.1. The number of carboxylic acids is 1. The summed E-state index contributed by atoms with van der Waals surface area (Å²) in [7, 11) is 0. The highest BCUT2D eigenvalue weighted by Gasteiger charge is 2.60. The van der Waals surface area contributed by atoms with Crippen LogP contribution in [0.2, 0.25) is 0 Å². The van der Waals surface area contributed by atoms with Crippen LogP contribution in [-0.4, -0.2) is 28.9 Å². The van der Waals surface area contributed by atoms with Gasteiger partial charge in [-0.1, -0.05) is 13.8 Å². The number of ether oxygens (including phenoxy) is 1. The van der Waals surface area contributed by atoms with Gasteiger partial charge in [0.15, 0.2) is 0 Å². The number of carboxylic acid groups (broad SMARTS) is 1. The lowest BCUT2D eigenvalue weighted by Gasteiger charge is -2.61. The van der Waals surface area contributed by atoms with E-state index in [1.807, 2.05) is 0 Å². The molecule has 4 saturated carbocycles. The van der Waals surface area contributed by atoms with Gasteiger partial charge in [-0.2, -0.15) is 0 Å². The van der Waals surface area contributed by atoms with Crippen LogP contribution < -0.4 is 0 Å². The highest BCUT2D eigenvalue weighted by Crippen LogP contribution is 2.67. The molecule has 4 aliphatic rings. The highest BCUT2D eigenvalue weighted by molar-refractivity contribution is 5.79. The molecule has 0 saturated heterocycles. The van der Waals surface area contributed by atoms with Gasteiger partial charge < -0.3 is 9.84 Å². The van der Waals surface area contributed by atoms with Crippen molar-refractivity contribution in [2.24, 2.45) is 40.4 Å². The molecule has 0 amide bonds. The van der Waals surface area contributed by atoms with E-state index < -0.39 is 5.97 Å². The Labute approximate surface area is 180 Å². The van der Waals surface area contributed by atoms with Crippen molar-refractivity contribution in [3.8, 4) is 0 Å². The molecule has 2 unspecified atom stereocenters. The summed E-state index contributed by atoms with van der Waals surface area (Å²) in [5, 5.41) is 8.77. The molecule has 0 heterocycles. The number of carbonyl (C=O) groups excluding carboxylic acids is 2. The summed E-state index contributed by atoms with van der Waals surface area (Å²) in [6.45, 7) is 6.67. The number of hydrogen-bond acceptors (Lipinski definition) is 4. The molecular weight excluding hydrogens is 380 g/mol. The Bertz CT molecular complexity index is 716. The van der Waals surface area contributed by atoms with E-state index in [0.717, 1.165) is 37.5 Å². The minimum atomic E-state index is -0.954. The fourth-order valence-electron chi connectivity index (χ4n) is 8.45. The van der Waals surface area contributed by atoms with E-state index >= 15 is 0 Å². The minimum absolute atomic E-state index is 0.0317. The second-order valence-corrected chi connectivity index (χ2v) is 11.2. The van der Waals surface area contributed by atoms with Crippen molar-refractivity contribution in [2.75, 3.05) is 0 Å². The van der Waals surface area contributed by atoms with E-state index in [2.05, 4.69) is 13.8 Å². The Morgan fingerprint density at radius 3 is 2.30 bits per heavy atom. The number of carbonyl (C=O) groups is 3. The van der Waals surface area contributed by atoms with Crippen LogP contribution in [0.3, 0.4) is 0 Å². The lowest BCUT2D eigenvalue weighted by Crippen LogP contribution is -2.54. The van der Waals surface area contributed by atoms with Gasteiger partial charge in [-0.05, 0) is 99.2 Å². The standard InChI is InChI=1S/C25H38O5/c1-15(26)19-6-7-20-18-5-4-16-14-17(30-23(29)9-8-22(27)28)10-12-24(16,2)21(18)11-13-25(19,20)3/h16-21H,4-14H2,1-3H3,(H,27,28)/t16?,17?,18-,19+,20-,21-,24-,25+/m0/s1. The molecule has 0 aliphatic heterocycles. The summed E-state index contributed by atoms with van der Waals surface area (Å²) in [6.07, 6.45) is 9.82. The lowest BCUT2D eigenvalue weighted by molar-refractivity contribution is -0.164. The number of hydrogen-bond donors (Lipinski definition) is 1. The van der Waals surface area contributed by atoms with E-state index in [0.29, 0.717) is 23.0 Å². The summed E-state index contributed by atoms with van der Waals surface area (Å²) in [5.41, 5.74) is 0.510. The first kappa shape index (κ1) is 21.8. The summed E-state index contributed by atoms with van der Waals surface area (Å²) in [6, 6.07) is 0. The van der Waals surface area contributed by atoms with Crippen molar-refractivity contribution in [1.82, 2.24) is 0 Å². The van der Waals surface area contributed by atoms with E-state index in [-0.39, 0.29) is 36.2 Å². The zero-order valence-electron chi connectivity index (χ0n) is 18.8. The van der Waals surface area contributed by atoms with E-state index in [1.54, 1.807) is 6.92 Å². The first-order valence-corrected chi connectivity index (χ1v) is 12.1. The summed E-state index contributed by atoms with van der Waals surface area (Å²) < 4.78 is 5.66. The predicted molar refractivity (Wildman–Crippen MR) is 113 cm³/mol. The summed E-state index contributed by atoms with van der Waals surface area (Å²) in [5.74, 6) is 2.07. The Morgan fingerprint density at radius 2 is 1.60 bits per heavy atom. The molecule has 5 heteroatoms. The molecule has 0 aromatic heterocycles. The number of rotatable bonds is 5. The van der Waals surface area contributed by atoms with Crippen molar-refractivity contribution < 1.29 is 24.2 Å². The van der Waals surface area contributed by atoms with Gasteiger partial charge in [0.05, 0.1) is 12.8 Å². The molecule has 0 radical (unpaired) electrons. The predicted octanol–water partition coefficient (Wildman–Crippen LogP) is 5.01. The van der Waals surface area contributed by atoms with E-state index in [9.17, 15) is 14.4 Å². The number of aliphatic carboxylic acids is 1. The summed E-state index contributed by atoms with van der Waals surface area (Å²) in [4.78, 5) is 35.0. The molecule has 1 N–H and O–H groups in total. The maximum Gasteiger partial charge on any atom is 0.306 e. The van der Waals surface area contributed by atoms with Gasteiger partial charge >= 0.3 is 11.9 Å². The second-order valence-electron chi connectivity index (χ2n) is 11.2. The van der Waals surface area contributed by atoms with Gasteiger partial charge in [-0.25, -0.2) is 0 Å². The van der Waals surface area contributed by atoms with Crippen LogP contribution in [0.5, 0.6) is 0 Å². The molecule has 0 aromatic carbocycles. The average Bonchev–Trinajstić information content (AvgIpc) is 3.04. The van der Waals surface area contributed by atoms with Crippen LogP contribution in [0.1, 0.15) is 91.4 Å². The lowest BCUT2D eigenvalue weighted by atomic mass is 9.44. The number of Topliss-reactive ketones (excluding diaryl/α,β-unsaturated/α-hetero) is 1. The Kier molecular flexibility index (Phi) is 5.78. The third-order valence-corrected chi connectivity index (χ3v) is 9.95. The van der Waals surface area contributed by atoms with Crippen LogP contribution in [-0.2, 0) is 19.1 Å². The second kappa shape index (κ2) is 7.94. The van der Waals surface area contributed by atoms with Crippen molar-refractivity contribution in [2.45, 2.75) is 97.5 Å². The fourth-order valence-corrected chi connectivity index (χ4v) is 8.45. The molecule has 168 valence electrons. The topological polar surface area (TPSA) is 80.7 Å². The molecule has 4 fully saturated rings. The van der Waals surface area contributed by atoms with Crippen molar-refractivity contribution in [1.29, 1.82) is 0 Å². The minimum Gasteiger partial charge on any atom is -0.481 e. The molecule has 4 aliphatic carbocycles. The Morgan fingerprint density at radius 1 is 0.900 bits per heavy atom. The maximum absolute atomic E-state index is 12.3. The molecule has 0 spiro atoms. The SMILES string of the molecule is CC(=O)[C@H]1CC[C@H]2[C@@H]3CCC4CC(OC(=O)CCC(=O)O)CC[C@]4(C)[C@H]3CC[C@]12C. The van der Waals surface area contributed by atoms with Gasteiger partial charge in [0.1, 0.15) is 11.9 Å². The average molecular weight is 419 g/mol. The van der Waals surface area contributed by atoms with Gasteiger partial charge in [0.2, 0.25) is 0 Å². The van der Waals surface area contributed by atoms with Crippen LogP contribution >= 0.6 is 0 Å². The number of esters is 1. The molecule has 30 heavy (non-hydrogen) atoms. The zero-order valence-corrected chi connectivity index (χ0v) is 18.8. The molecule has 4 rings (SSSR count). The van der Waals surface area contributed by atoms with Crippen molar-refractivity contribution >= 4 is 17.7 Å². The van der Waals surface area contributed by atoms with Gasteiger partial charge in [0, 0.05) is 5.92 Å². The smallest absolute Gasteiger partial charge is 0.306 e. The van der Waals surface area contributed by atoms with Crippen LogP contribution in [0.25, 0.3) is 0 Å². The van der Waals surface area contributed by atoms with Gasteiger partial charge in [0.25, 0.3) is 0 Å².